The average molecular weight is 346 g/mol. The van der Waals surface area contributed by atoms with E-state index in [1.165, 1.54) is 0 Å². The van der Waals surface area contributed by atoms with Crippen molar-refractivity contribution in [3.8, 4) is 0 Å². The highest BCUT2D eigenvalue weighted by Crippen LogP contribution is 2.20. The number of hydrogen-bond donors (Lipinski definition) is 2. The Morgan fingerprint density at radius 1 is 0.885 bits per heavy atom. The van der Waals surface area contributed by atoms with Crippen LogP contribution < -0.4 is 10.6 Å². The summed E-state index contributed by atoms with van der Waals surface area (Å²) in [4.78, 5) is 21.4. The predicted molar refractivity (Wildman–Crippen MR) is 105 cm³/mol. The molecule has 0 aliphatic carbocycles. The minimum absolute atomic E-state index is 0.149. The van der Waals surface area contributed by atoms with Crippen molar-refractivity contribution in [3.05, 3.63) is 76.6 Å². The van der Waals surface area contributed by atoms with Crippen LogP contribution in [0.3, 0.4) is 0 Å². The SMILES string of the molecule is Cc1ccc(C)c(NC(=O)c2cccc(Nc3nc(C)cc(C)n3)c2)c1. The summed E-state index contributed by atoms with van der Waals surface area (Å²) in [5.41, 5.74) is 6.08. The zero-order chi connectivity index (χ0) is 18.7. The maximum Gasteiger partial charge on any atom is 0.255 e. The second-order valence-corrected chi connectivity index (χ2v) is 6.45. The van der Waals surface area contributed by atoms with E-state index in [-0.39, 0.29) is 5.91 Å². The number of nitrogens with one attached hydrogen (secondary N) is 2. The largest absolute Gasteiger partial charge is 0.324 e. The number of amides is 1. The molecule has 5 nitrogen and oxygen atoms in total. The van der Waals surface area contributed by atoms with E-state index < -0.39 is 0 Å². The molecular weight excluding hydrogens is 324 g/mol. The Hall–Kier alpha value is -3.21. The zero-order valence-corrected chi connectivity index (χ0v) is 15.4. The summed E-state index contributed by atoms with van der Waals surface area (Å²) in [6, 6.07) is 15.2. The van der Waals surface area contributed by atoms with Crippen LogP contribution in [0.4, 0.5) is 17.3 Å². The first-order valence-corrected chi connectivity index (χ1v) is 8.49. The quantitative estimate of drug-likeness (QED) is 0.718. The van der Waals surface area contributed by atoms with Crippen LogP contribution in [0.1, 0.15) is 32.9 Å². The molecule has 26 heavy (non-hydrogen) atoms. The molecule has 0 saturated carbocycles. The third-order valence-corrected chi connectivity index (χ3v) is 4.00. The fraction of sp³-hybridized carbons (Fsp3) is 0.190. The summed E-state index contributed by atoms with van der Waals surface area (Å²) in [5.74, 6) is 0.373. The van der Waals surface area contributed by atoms with E-state index in [4.69, 9.17) is 0 Å². The molecule has 1 aromatic heterocycles. The third kappa shape index (κ3) is 4.25. The molecular formula is C21H22N4O. The van der Waals surface area contributed by atoms with Gasteiger partial charge in [0.15, 0.2) is 0 Å². The lowest BCUT2D eigenvalue weighted by molar-refractivity contribution is 0.102. The number of aryl methyl sites for hydroxylation is 4. The Morgan fingerprint density at radius 3 is 2.35 bits per heavy atom. The molecule has 3 rings (SSSR count). The second-order valence-electron chi connectivity index (χ2n) is 6.45. The molecule has 0 saturated heterocycles. The van der Waals surface area contributed by atoms with Gasteiger partial charge in [0.1, 0.15) is 0 Å². The predicted octanol–water partition coefficient (Wildman–Crippen LogP) is 4.71. The Labute approximate surface area is 153 Å². The van der Waals surface area contributed by atoms with Crippen molar-refractivity contribution in [1.29, 1.82) is 0 Å². The molecule has 0 fully saturated rings. The normalized spacial score (nSPS) is 10.5. The van der Waals surface area contributed by atoms with Crippen LogP contribution in [0, 0.1) is 27.7 Å². The highest BCUT2D eigenvalue weighted by molar-refractivity contribution is 6.05. The average Bonchev–Trinajstić information content (AvgIpc) is 2.57. The summed E-state index contributed by atoms with van der Waals surface area (Å²) in [5, 5.41) is 6.14. The van der Waals surface area contributed by atoms with E-state index >= 15 is 0 Å². The second kappa shape index (κ2) is 7.35. The summed E-state index contributed by atoms with van der Waals surface area (Å²) in [6.07, 6.45) is 0. The molecule has 0 radical (unpaired) electrons. The number of carbonyl (C=O) groups is 1. The lowest BCUT2D eigenvalue weighted by atomic mass is 10.1. The fourth-order valence-electron chi connectivity index (χ4n) is 2.71. The summed E-state index contributed by atoms with van der Waals surface area (Å²) in [7, 11) is 0. The molecule has 0 aliphatic heterocycles. The van der Waals surface area contributed by atoms with Crippen LogP contribution >= 0.6 is 0 Å². The van der Waals surface area contributed by atoms with Crippen molar-refractivity contribution in [2.45, 2.75) is 27.7 Å². The van der Waals surface area contributed by atoms with Gasteiger partial charge in [-0.3, -0.25) is 4.79 Å². The number of anilines is 3. The van der Waals surface area contributed by atoms with Crippen LogP contribution in [0.5, 0.6) is 0 Å². The van der Waals surface area contributed by atoms with Gasteiger partial charge in [0, 0.05) is 28.3 Å². The van der Waals surface area contributed by atoms with Crippen LogP contribution in [0.25, 0.3) is 0 Å². The first-order chi connectivity index (χ1) is 12.4. The van der Waals surface area contributed by atoms with Gasteiger partial charge in [-0.1, -0.05) is 18.2 Å². The van der Waals surface area contributed by atoms with Crippen LogP contribution in [0.2, 0.25) is 0 Å². The minimum Gasteiger partial charge on any atom is -0.324 e. The van der Waals surface area contributed by atoms with Crippen molar-refractivity contribution in [2.24, 2.45) is 0 Å². The van der Waals surface area contributed by atoms with Crippen LogP contribution in [-0.2, 0) is 0 Å². The topological polar surface area (TPSA) is 66.9 Å². The number of carbonyl (C=O) groups excluding carboxylic acids is 1. The summed E-state index contributed by atoms with van der Waals surface area (Å²) < 4.78 is 0. The molecule has 132 valence electrons. The molecule has 5 heteroatoms. The summed E-state index contributed by atoms with van der Waals surface area (Å²) >= 11 is 0. The third-order valence-electron chi connectivity index (χ3n) is 4.00. The van der Waals surface area contributed by atoms with Crippen molar-refractivity contribution in [3.63, 3.8) is 0 Å². The van der Waals surface area contributed by atoms with E-state index in [1.807, 2.05) is 64.1 Å². The van der Waals surface area contributed by atoms with E-state index in [1.54, 1.807) is 12.1 Å². The van der Waals surface area contributed by atoms with Gasteiger partial charge < -0.3 is 10.6 Å². The monoisotopic (exact) mass is 346 g/mol. The van der Waals surface area contributed by atoms with Gasteiger partial charge in [-0.05, 0) is 69.2 Å². The lowest BCUT2D eigenvalue weighted by Crippen LogP contribution is -2.13. The van der Waals surface area contributed by atoms with E-state index in [0.717, 1.165) is 33.9 Å². The number of hydrogen-bond acceptors (Lipinski definition) is 4. The molecule has 2 N–H and O–H groups in total. The number of benzene rings is 2. The van der Waals surface area contributed by atoms with Gasteiger partial charge in [-0.2, -0.15) is 0 Å². The highest BCUT2D eigenvalue weighted by Gasteiger charge is 2.09. The molecule has 0 bridgehead atoms. The molecule has 2 aromatic carbocycles. The van der Waals surface area contributed by atoms with Crippen LogP contribution in [-0.4, -0.2) is 15.9 Å². The van der Waals surface area contributed by atoms with Gasteiger partial charge in [0.05, 0.1) is 0 Å². The van der Waals surface area contributed by atoms with Crippen molar-refractivity contribution >= 4 is 23.2 Å². The van der Waals surface area contributed by atoms with Gasteiger partial charge in [-0.15, -0.1) is 0 Å². The Kier molecular flexibility index (Phi) is 4.98. The molecule has 1 heterocycles. The lowest BCUT2D eigenvalue weighted by Gasteiger charge is -2.11. The molecule has 0 aliphatic rings. The zero-order valence-electron chi connectivity index (χ0n) is 15.4. The van der Waals surface area contributed by atoms with Crippen molar-refractivity contribution in [1.82, 2.24) is 9.97 Å². The van der Waals surface area contributed by atoms with Gasteiger partial charge >= 0.3 is 0 Å². The standard InChI is InChI=1S/C21H22N4O/c1-13-8-9-14(2)19(10-13)25-20(26)17-6-5-7-18(12-17)24-21-22-15(3)11-16(4)23-21/h5-12H,1-4H3,(H,25,26)(H,22,23,24). The molecule has 1 amide bonds. The van der Waals surface area contributed by atoms with Crippen molar-refractivity contribution < 1.29 is 4.79 Å². The molecule has 3 aromatic rings. The van der Waals surface area contributed by atoms with Crippen molar-refractivity contribution in [2.75, 3.05) is 10.6 Å². The van der Waals surface area contributed by atoms with Gasteiger partial charge in [0.25, 0.3) is 5.91 Å². The molecule has 0 spiro atoms. The fourth-order valence-corrected chi connectivity index (χ4v) is 2.71. The molecule has 0 unspecified atom stereocenters. The smallest absolute Gasteiger partial charge is 0.255 e. The van der Waals surface area contributed by atoms with E-state index in [2.05, 4.69) is 20.6 Å². The van der Waals surface area contributed by atoms with E-state index in [9.17, 15) is 4.79 Å². The van der Waals surface area contributed by atoms with Gasteiger partial charge in [-0.25, -0.2) is 9.97 Å². The number of nitrogens with zero attached hydrogens (tertiary/aromatic N) is 2. The number of rotatable bonds is 4. The first kappa shape index (κ1) is 17.6. The van der Waals surface area contributed by atoms with Crippen LogP contribution in [0.15, 0.2) is 48.5 Å². The molecule has 0 atom stereocenters. The van der Waals surface area contributed by atoms with E-state index in [0.29, 0.717) is 11.5 Å². The Balaban J connectivity index is 1.80. The maximum absolute atomic E-state index is 12.6. The Bertz CT molecular complexity index is 946. The first-order valence-electron chi connectivity index (χ1n) is 8.49. The number of aromatic nitrogens is 2. The maximum atomic E-state index is 12.6. The summed E-state index contributed by atoms with van der Waals surface area (Å²) in [6.45, 7) is 7.83. The highest BCUT2D eigenvalue weighted by atomic mass is 16.1. The Morgan fingerprint density at radius 2 is 1.62 bits per heavy atom. The minimum atomic E-state index is -0.149. The van der Waals surface area contributed by atoms with Gasteiger partial charge in [0.2, 0.25) is 5.95 Å².